The van der Waals surface area contributed by atoms with E-state index >= 15 is 0 Å². The molecule has 0 fully saturated rings. The number of hydrogen-bond donors (Lipinski definition) is 1. The fourth-order valence-electron chi connectivity index (χ4n) is 3.15. The molecule has 0 aliphatic heterocycles. The molecule has 3 aromatic carbocycles. The highest BCUT2D eigenvalue weighted by Crippen LogP contribution is 2.33. The second kappa shape index (κ2) is 8.03. The zero-order chi connectivity index (χ0) is 20.3. The molecule has 0 spiro atoms. The Kier molecular flexibility index (Phi) is 5.29. The summed E-state index contributed by atoms with van der Waals surface area (Å²) in [5.74, 6) is 1.30. The zero-order valence-electron chi connectivity index (χ0n) is 15.7. The summed E-state index contributed by atoms with van der Waals surface area (Å²) in [6, 6.07) is 26.3. The van der Waals surface area contributed by atoms with Gasteiger partial charge in [-0.3, -0.25) is 0 Å². The highest BCUT2D eigenvalue weighted by molar-refractivity contribution is 7.89. The first-order chi connectivity index (χ1) is 14.0. The molecule has 0 unspecified atom stereocenters. The van der Waals surface area contributed by atoms with Crippen molar-refractivity contribution in [3.8, 4) is 22.6 Å². The number of benzene rings is 3. The van der Waals surface area contributed by atoms with E-state index in [4.69, 9.17) is 14.5 Å². The molecule has 0 amide bonds. The van der Waals surface area contributed by atoms with Crippen LogP contribution in [-0.4, -0.2) is 13.4 Å². The summed E-state index contributed by atoms with van der Waals surface area (Å²) in [6.07, 6.45) is 1.48. The summed E-state index contributed by atoms with van der Waals surface area (Å²) in [5.41, 5.74) is 3.58. The van der Waals surface area contributed by atoms with Crippen molar-refractivity contribution in [3.05, 3.63) is 96.4 Å². The van der Waals surface area contributed by atoms with Gasteiger partial charge in [-0.2, -0.15) is 0 Å². The number of nitrogens with two attached hydrogens (primary N) is 1. The van der Waals surface area contributed by atoms with Crippen LogP contribution in [-0.2, 0) is 22.9 Å². The Bertz CT molecular complexity index is 1200. The highest BCUT2D eigenvalue weighted by atomic mass is 32.2. The van der Waals surface area contributed by atoms with Gasteiger partial charge >= 0.3 is 0 Å². The van der Waals surface area contributed by atoms with Crippen LogP contribution in [0, 0.1) is 0 Å². The lowest BCUT2D eigenvalue weighted by Gasteiger charge is -2.03. The number of sulfonamides is 1. The van der Waals surface area contributed by atoms with Crippen LogP contribution < -0.4 is 5.14 Å². The summed E-state index contributed by atoms with van der Waals surface area (Å²) in [7, 11) is -3.74. The summed E-state index contributed by atoms with van der Waals surface area (Å²) < 4.78 is 29.2. The average Bonchev–Trinajstić information content (AvgIpc) is 3.17. The summed E-state index contributed by atoms with van der Waals surface area (Å²) in [5, 5.41) is 5.20. The molecule has 1 heterocycles. The molecule has 1 aromatic heterocycles. The summed E-state index contributed by atoms with van der Waals surface area (Å²) >= 11 is 0. The lowest BCUT2D eigenvalue weighted by Crippen LogP contribution is -2.11. The topological polar surface area (TPSA) is 86.2 Å². The number of oxazole rings is 1. The number of hydrogen-bond acceptors (Lipinski definition) is 4. The van der Waals surface area contributed by atoms with Crippen molar-refractivity contribution in [2.45, 2.75) is 17.7 Å². The molecule has 0 saturated carbocycles. The Hall–Kier alpha value is -3.22. The van der Waals surface area contributed by atoms with Gasteiger partial charge in [-0.05, 0) is 24.1 Å². The highest BCUT2D eigenvalue weighted by Gasteiger charge is 2.18. The van der Waals surface area contributed by atoms with Crippen LogP contribution in [0.2, 0.25) is 0 Å². The minimum Gasteiger partial charge on any atom is -0.440 e. The van der Waals surface area contributed by atoms with Gasteiger partial charge in [0, 0.05) is 17.5 Å². The van der Waals surface area contributed by atoms with Crippen molar-refractivity contribution in [2.24, 2.45) is 5.14 Å². The Balaban J connectivity index is 1.70. The predicted octanol–water partition coefficient (Wildman–Crippen LogP) is 4.44. The van der Waals surface area contributed by atoms with Crippen molar-refractivity contribution >= 4 is 10.0 Å². The molecule has 29 heavy (non-hydrogen) atoms. The molecule has 4 aromatic rings. The van der Waals surface area contributed by atoms with Gasteiger partial charge < -0.3 is 4.42 Å². The molecule has 146 valence electrons. The summed E-state index contributed by atoms with van der Waals surface area (Å²) in [4.78, 5) is 4.78. The molecule has 0 atom stereocenters. The summed E-state index contributed by atoms with van der Waals surface area (Å²) in [6.45, 7) is 0. The van der Waals surface area contributed by atoms with E-state index in [2.05, 4.69) is 12.1 Å². The first-order valence-corrected chi connectivity index (χ1v) is 10.8. The minimum absolute atomic E-state index is 0.0651. The predicted molar refractivity (Wildman–Crippen MR) is 113 cm³/mol. The van der Waals surface area contributed by atoms with Crippen molar-refractivity contribution in [1.29, 1.82) is 0 Å². The zero-order valence-corrected chi connectivity index (χ0v) is 16.5. The first kappa shape index (κ1) is 19.1. The molecule has 0 bridgehead atoms. The van der Waals surface area contributed by atoms with Crippen LogP contribution in [0.5, 0.6) is 0 Å². The van der Waals surface area contributed by atoms with E-state index in [9.17, 15) is 8.42 Å². The molecule has 0 saturated heterocycles. The maximum atomic E-state index is 11.5. The number of nitrogens with zero attached hydrogens (tertiary/aromatic N) is 1. The number of aromatic nitrogens is 1. The van der Waals surface area contributed by atoms with Gasteiger partial charge in [-0.25, -0.2) is 18.5 Å². The smallest absolute Gasteiger partial charge is 0.238 e. The van der Waals surface area contributed by atoms with Gasteiger partial charge in [0.15, 0.2) is 11.7 Å². The largest absolute Gasteiger partial charge is 0.440 e. The van der Waals surface area contributed by atoms with Gasteiger partial charge in [0.2, 0.25) is 10.0 Å². The van der Waals surface area contributed by atoms with Crippen molar-refractivity contribution in [3.63, 3.8) is 0 Å². The monoisotopic (exact) mass is 404 g/mol. The van der Waals surface area contributed by atoms with Crippen molar-refractivity contribution in [1.82, 2.24) is 4.98 Å². The maximum Gasteiger partial charge on any atom is 0.238 e. The molecule has 2 N–H and O–H groups in total. The minimum atomic E-state index is -3.74. The van der Waals surface area contributed by atoms with Crippen molar-refractivity contribution < 1.29 is 12.8 Å². The average molecular weight is 404 g/mol. The third-order valence-corrected chi connectivity index (χ3v) is 5.56. The lowest BCUT2D eigenvalue weighted by molar-refractivity contribution is 0.505. The molecule has 0 aliphatic rings. The second-order valence-corrected chi connectivity index (χ2v) is 8.27. The van der Waals surface area contributed by atoms with Crippen molar-refractivity contribution in [2.75, 3.05) is 0 Å². The Morgan fingerprint density at radius 3 is 2.00 bits per heavy atom. The third kappa shape index (κ3) is 4.45. The fourth-order valence-corrected chi connectivity index (χ4v) is 3.67. The van der Waals surface area contributed by atoms with Crippen LogP contribution >= 0.6 is 0 Å². The van der Waals surface area contributed by atoms with Crippen LogP contribution in [0.1, 0.15) is 11.5 Å². The first-order valence-electron chi connectivity index (χ1n) is 9.23. The van der Waals surface area contributed by atoms with Crippen LogP contribution in [0.4, 0.5) is 0 Å². The van der Waals surface area contributed by atoms with Gasteiger partial charge in [-0.1, -0.05) is 72.8 Å². The normalized spacial score (nSPS) is 11.5. The van der Waals surface area contributed by atoms with Gasteiger partial charge in [0.05, 0.1) is 4.90 Å². The van der Waals surface area contributed by atoms with E-state index in [0.717, 1.165) is 17.5 Å². The number of rotatable bonds is 6. The second-order valence-electron chi connectivity index (χ2n) is 6.71. The van der Waals surface area contributed by atoms with Crippen LogP contribution in [0.25, 0.3) is 22.6 Å². The van der Waals surface area contributed by atoms with E-state index in [1.54, 1.807) is 12.1 Å². The maximum absolute atomic E-state index is 11.5. The quantitative estimate of drug-likeness (QED) is 0.515. The van der Waals surface area contributed by atoms with E-state index < -0.39 is 10.0 Å². The van der Waals surface area contributed by atoms with Gasteiger partial charge in [0.1, 0.15) is 5.69 Å². The fraction of sp³-hybridized carbons (Fsp3) is 0.0870. The standard InChI is InChI=1S/C23H20N2O3S/c24-29(26,27)20-14-12-18(13-15-20)22-23(19-9-5-2-6-10-19)28-21(25-22)16-11-17-7-3-1-4-8-17/h1-10,12-15H,11,16H2,(H2,24,26,27). The van der Waals surface area contributed by atoms with E-state index in [1.165, 1.54) is 17.7 Å². The van der Waals surface area contributed by atoms with E-state index in [1.807, 2.05) is 48.5 Å². The molecular formula is C23H20N2O3S. The van der Waals surface area contributed by atoms with E-state index in [0.29, 0.717) is 23.8 Å². The molecule has 6 heteroatoms. The van der Waals surface area contributed by atoms with Crippen LogP contribution in [0.15, 0.2) is 94.2 Å². The molecular weight excluding hydrogens is 384 g/mol. The van der Waals surface area contributed by atoms with Gasteiger partial charge in [0.25, 0.3) is 0 Å². The number of aryl methyl sites for hydroxylation is 2. The molecule has 0 radical (unpaired) electrons. The van der Waals surface area contributed by atoms with Crippen LogP contribution in [0.3, 0.4) is 0 Å². The van der Waals surface area contributed by atoms with E-state index in [-0.39, 0.29) is 4.90 Å². The number of primary sulfonamides is 1. The third-order valence-electron chi connectivity index (χ3n) is 4.63. The van der Waals surface area contributed by atoms with Gasteiger partial charge in [-0.15, -0.1) is 0 Å². The molecule has 5 nitrogen and oxygen atoms in total. The Labute approximate surface area is 169 Å². The lowest BCUT2D eigenvalue weighted by atomic mass is 10.1. The Morgan fingerprint density at radius 1 is 0.759 bits per heavy atom. The molecule has 0 aliphatic carbocycles. The SMILES string of the molecule is NS(=O)(=O)c1ccc(-c2nc(CCc3ccccc3)oc2-c2ccccc2)cc1. The Morgan fingerprint density at radius 2 is 1.38 bits per heavy atom. The molecule has 4 rings (SSSR count).